The number of aryl methyl sites for hydroxylation is 2. The van der Waals surface area contributed by atoms with Crippen molar-refractivity contribution in [2.75, 3.05) is 32.4 Å². The molecule has 1 atom stereocenters. The molecule has 0 fully saturated rings. The standard InChI is InChI=1S/C22H28N8OS/c1-13-12-17(25-29(13)5)19-22(32-7)30-21(24-19)20(18(26-30)14(2)27-31-6)23-15-8-10-16(11-9-15)28(3)4/h8-12,14,27H,1-7H3. The van der Waals surface area contributed by atoms with Crippen LogP contribution in [0.25, 0.3) is 11.4 Å². The molecule has 1 N–H and O–H groups in total. The molecule has 4 rings (SSSR count). The van der Waals surface area contributed by atoms with Crippen molar-refractivity contribution >= 4 is 34.6 Å². The topological polar surface area (TPSA) is 84.9 Å². The number of hydrogen-bond acceptors (Lipinski definition) is 8. The minimum atomic E-state index is -0.170. The van der Waals surface area contributed by atoms with E-state index in [4.69, 9.17) is 19.9 Å². The van der Waals surface area contributed by atoms with Gasteiger partial charge in [0.15, 0.2) is 5.82 Å². The Morgan fingerprint density at radius 1 is 1.22 bits per heavy atom. The lowest BCUT2D eigenvalue weighted by Gasteiger charge is -2.13. The number of hydroxylamine groups is 1. The van der Waals surface area contributed by atoms with E-state index in [0.717, 1.165) is 39.2 Å². The van der Waals surface area contributed by atoms with E-state index in [2.05, 4.69) is 15.5 Å². The van der Waals surface area contributed by atoms with Crippen molar-refractivity contribution < 1.29 is 4.84 Å². The van der Waals surface area contributed by atoms with E-state index in [9.17, 15) is 0 Å². The van der Waals surface area contributed by atoms with Gasteiger partial charge >= 0.3 is 0 Å². The monoisotopic (exact) mass is 452 g/mol. The summed E-state index contributed by atoms with van der Waals surface area (Å²) in [6.07, 6.45) is 2.02. The number of rotatable bonds is 7. The molecule has 10 heteroatoms. The molecule has 2 aromatic heterocycles. The highest BCUT2D eigenvalue weighted by molar-refractivity contribution is 7.98. The van der Waals surface area contributed by atoms with Crippen LogP contribution in [0.15, 0.2) is 45.5 Å². The second-order valence-corrected chi connectivity index (χ2v) is 8.59. The van der Waals surface area contributed by atoms with Crippen LogP contribution < -0.4 is 10.4 Å². The zero-order valence-electron chi connectivity index (χ0n) is 19.4. The number of nitrogens with zero attached hydrogens (tertiary/aromatic N) is 7. The first-order chi connectivity index (χ1) is 15.3. The van der Waals surface area contributed by atoms with E-state index in [1.165, 1.54) is 0 Å². The van der Waals surface area contributed by atoms with Crippen LogP contribution in [0.1, 0.15) is 18.4 Å². The van der Waals surface area contributed by atoms with Crippen LogP contribution in [0, 0.1) is 6.92 Å². The van der Waals surface area contributed by atoms with Crippen LogP contribution in [-0.2, 0) is 11.9 Å². The number of anilines is 1. The van der Waals surface area contributed by atoms with Crippen LogP contribution in [0.3, 0.4) is 0 Å². The molecule has 0 aliphatic carbocycles. The average molecular weight is 453 g/mol. The predicted octanol–water partition coefficient (Wildman–Crippen LogP) is 3.26. The van der Waals surface area contributed by atoms with Crippen LogP contribution in [0.4, 0.5) is 11.4 Å². The lowest BCUT2D eigenvalue weighted by molar-refractivity contribution is 0.0832. The number of imidazole rings is 1. The van der Waals surface area contributed by atoms with Gasteiger partial charge in [0.2, 0.25) is 0 Å². The summed E-state index contributed by atoms with van der Waals surface area (Å²) >= 11 is 1.59. The van der Waals surface area contributed by atoms with Crippen molar-refractivity contribution in [1.29, 1.82) is 0 Å². The molecule has 1 aliphatic heterocycles. The Balaban J connectivity index is 1.85. The van der Waals surface area contributed by atoms with Gasteiger partial charge in [-0.1, -0.05) is 0 Å². The maximum absolute atomic E-state index is 5.16. The number of thioether (sulfide) groups is 1. The van der Waals surface area contributed by atoms with Gasteiger partial charge in [0.1, 0.15) is 27.8 Å². The number of benzene rings is 1. The van der Waals surface area contributed by atoms with Crippen molar-refractivity contribution in [2.45, 2.75) is 24.9 Å². The third-order valence-electron chi connectivity index (χ3n) is 5.34. The minimum Gasteiger partial charge on any atom is -0.378 e. The summed E-state index contributed by atoms with van der Waals surface area (Å²) in [6, 6.07) is 9.95. The third kappa shape index (κ3) is 3.96. The molecule has 3 aromatic rings. The number of hydrogen-bond donors (Lipinski definition) is 1. The largest absolute Gasteiger partial charge is 0.378 e. The number of aliphatic imine (C=N–C) groups is 1. The second-order valence-electron chi connectivity index (χ2n) is 7.80. The van der Waals surface area contributed by atoms with Gasteiger partial charge in [0, 0.05) is 32.5 Å². The van der Waals surface area contributed by atoms with E-state index >= 15 is 0 Å². The lowest BCUT2D eigenvalue weighted by Crippen LogP contribution is -2.36. The maximum atomic E-state index is 5.16. The highest BCUT2D eigenvalue weighted by Gasteiger charge is 2.33. The Kier molecular flexibility index (Phi) is 6.18. The van der Waals surface area contributed by atoms with Crippen LogP contribution in [0.2, 0.25) is 0 Å². The molecule has 9 nitrogen and oxygen atoms in total. The Morgan fingerprint density at radius 3 is 2.50 bits per heavy atom. The van der Waals surface area contributed by atoms with Gasteiger partial charge in [-0.25, -0.2) is 14.7 Å². The van der Waals surface area contributed by atoms with Crippen molar-refractivity contribution in [1.82, 2.24) is 24.9 Å². The van der Waals surface area contributed by atoms with E-state index in [1.54, 1.807) is 18.9 Å². The first-order valence-corrected chi connectivity index (χ1v) is 11.5. The molecule has 168 valence electrons. The van der Waals surface area contributed by atoms with Crippen LogP contribution in [0.5, 0.6) is 0 Å². The molecule has 0 saturated heterocycles. The first kappa shape index (κ1) is 22.3. The van der Waals surface area contributed by atoms with Gasteiger partial charge in [-0.15, -0.1) is 11.8 Å². The smallest absolute Gasteiger partial charge is 0.183 e. The van der Waals surface area contributed by atoms with Gasteiger partial charge in [-0.3, -0.25) is 4.68 Å². The van der Waals surface area contributed by atoms with Crippen LogP contribution in [-0.4, -0.2) is 64.4 Å². The quantitative estimate of drug-likeness (QED) is 0.438. The van der Waals surface area contributed by atoms with Crippen molar-refractivity contribution in [3.8, 4) is 11.4 Å². The SMILES string of the molecule is CONC(C)C1=Nn2c(nc(-c3cc(C)n(C)n3)c2SC)C1=Nc1ccc(N(C)C)cc1. The normalized spacial score (nSPS) is 15.2. The molecule has 0 bridgehead atoms. The molecule has 0 spiro atoms. The Bertz CT molecular complexity index is 1170. The van der Waals surface area contributed by atoms with Crippen LogP contribution >= 0.6 is 11.8 Å². The van der Waals surface area contributed by atoms with E-state index in [0.29, 0.717) is 11.5 Å². The minimum absolute atomic E-state index is 0.170. The summed E-state index contributed by atoms with van der Waals surface area (Å²) in [6.45, 7) is 4.01. The molecule has 32 heavy (non-hydrogen) atoms. The number of fused-ring (bicyclic) bond motifs is 1. The Hall–Kier alpha value is -2.95. The molecule has 0 amide bonds. The van der Waals surface area contributed by atoms with E-state index < -0.39 is 0 Å². The fraction of sp³-hybridized carbons (Fsp3) is 0.364. The lowest BCUT2D eigenvalue weighted by atomic mass is 10.1. The third-order valence-corrected chi connectivity index (χ3v) is 6.09. The van der Waals surface area contributed by atoms with Gasteiger partial charge in [-0.2, -0.15) is 15.7 Å². The van der Waals surface area contributed by atoms with E-state index in [1.807, 2.05) is 80.9 Å². The summed E-state index contributed by atoms with van der Waals surface area (Å²) in [5, 5.41) is 10.4. The maximum Gasteiger partial charge on any atom is 0.183 e. The van der Waals surface area contributed by atoms with Gasteiger partial charge < -0.3 is 9.74 Å². The van der Waals surface area contributed by atoms with Gasteiger partial charge in [0.25, 0.3) is 0 Å². The predicted molar refractivity (Wildman–Crippen MR) is 130 cm³/mol. The summed E-state index contributed by atoms with van der Waals surface area (Å²) in [7, 11) is 7.56. The molecular weight excluding hydrogens is 424 g/mol. The molecule has 1 aliphatic rings. The molecule has 0 radical (unpaired) electrons. The average Bonchev–Trinajstić information content (AvgIpc) is 3.40. The molecule has 1 unspecified atom stereocenters. The van der Waals surface area contributed by atoms with E-state index in [-0.39, 0.29) is 6.04 Å². The fourth-order valence-electron chi connectivity index (χ4n) is 3.53. The van der Waals surface area contributed by atoms with Gasteiger partial charge in [-0.05, 0) is 50.4 Å². The highest BCUT2D eigenvalue weighted by atomic mass is 32.2. The zero-order chi connectivity index (χ0) is 23.0. The van der Waals surface area contributed by atoms with Gasteiger partial charge in [0.05, 0.1) is 18.8 Å². The molecular formula is C22H28N8OS. The van der Waals surface area contributed by atoms with Crippen molar-refractivity contribution in [3.63, 3.8) is 0 Å². The summed E-state index contributed by atoms with van der Waals surface area (Å²) < 4.78 is 3.71. The summed E-state index contributed by atoms with van der Waals surface area (Å²) in [4.78, 5) is 17.1. The molecule has 1 aromatic carbocycles. The first-order valence-electron chi connectivity index (χ1n) is 10.3. The molecule has 0 saturated carbocycles. The fourth-order valence-corrected chi connectivity index (χ4v) is 4.17. The zero-order valence-corrected chi connectivity index (χ0v) is 20.2. The summed E-state index contributed by atoms with van der Waals surface area (Å²) in [5.41, 5.74) is 9.10. The summed E-state index contributed by atoms with van der Waals surface area (Å²) in [5.74, 6) is 0.698. The molecule has 3 heterocycles. The second kappa shape index (κ2) is 8.89. The number of nitrogens with one attached hydrogen (secondary N) is 1. The highest BCUT2D eigenvalue weighted by Crippen LogP contribution is 2.34. The number of aromatic nitrogens is 4. The Morgan fingerprint density at radius 2 is 1.94 bits per heavy atom. The Labute approximate surface area is 192 Å². The van der Waals surface area contributed by atoms with Crippen molar-refractivity contribution in [2.24, 2.45) is 17.1 Å². The van der Waals surface area contributed by atoms with Crippen molar-refractivity contribution in [3.05, 3.63) is 41.9 Å².